The zero-order valence-electron chi connectivity index (χ0n) is 13.9. The summed E-state index contributed by atoms with van der Waals surface area (Å²) in [7, 11) is 0. The monoisotopic (exact) mass is 325 g/mol. The number of quaternary nitrogens is 1. The van der Waals surface area contributed by atoms with E-state index in [1.54, 1.807) is 11.8 Å². The Morgan fingerprint density at radius 2 is 1.83 bits per heavy atom. The topological polar surface area (TPSA) is 28.6 Å². The third-order valence-corrected chi connectivity index (χ3v) is 4.35. The van der Waals surface area contributed by atoms with Crippen LogP contribution in [0.15, 0.2) is 82.7 Å². The second-order valence-electron chi connectivity index (χ2n) is 5.39. The van der Waals surface area contributed by atoms with Gasteiger partial charge in [0.25, 0.3) is 0 Å². The molecule has 0 saturated carbocycles. The van der Waals surface area contributed by atoms with E-state index < -0.39 is 0 Å². The van der Waals surface area contributed by atoms with Crippen molar-refractivity contribution in [2.45, 2.75) is 25.3 Å². The van der Waals surface area contributed by atoms with Gasteiger partial charge in [0.1, 0.15) is 5.69 Å². The summed E-state index contributed by atoms with van der Waals surface area (Å²) in [6.07, 6.45) is 2.11. The van der Waals surface area contributed by atoms with Crippen LogP contribution in [0, 0.1) is 0 Å². The molecule has 0 unspecified atom stereocenters. The lowest BCUT2D eigenvalue weighted by Crippen LogP contribution is -2.77. The molecule has 3 N–H and O–H groups in total. The predicted octanol–water partition coefficient (Wildman–Crippen LogP) is 4.20. The van der Waals surface area contributed by atoms with Crippen molar-refractivity contribution >= 4 is 17.4 Å². The Hall–Kier alpha value is -1.97. The van der Waals surface area contributed by atoms with E-state index in [1.165, 1.54) is 16.1 Å². The first-order valence-electron chi connectivity index (χ1n) is 7.94. The smallest absolute Gasteiger partial charge is 0.143 e. The average molecular weight is 326 g/mol. The fourth-order valence-corrected chi connectivity index (χ4v) is 3.20. The summed E-state index contributed by atoms with van der Waals surface area (Å²) in [6, 6.07) is 18.9. The highest BCUT2D eigenvalue weighted by molar-refractivity contribution is 8.03. The normalized spacial score (nSPS) is 11.3. The van der Waals surface area contributed by atoms with E-state index in [0.29, 0.717) is 0 Å². The third kappa shape index (κ3) is 5.97. The van der Waals surface area contributed by atoms with E-state index >= 15 is 0 Å². The number of benzene rings is 2. The average Bonchev–Trinajstić information content (AvgIpc) is 2.56. The van der Waals surface area contributed by atoms with E-state index in [4.69, 9.17) is 0 Å². The molecule has 120 valence electrons. The lowest BCUT2D eigenvalue weighted by molar-refractivity contribution is -0.570. The molecule has 0 amide bonds. The maximum Gasteiger partial charge on any atom is 0.143 e. The molecule has 0 fully saturated rings. The van der Waals surface area contributed by atoms with Gasteiger partial charge in [0.05, 0.1) is 11.4 Å². The van der Waals surface area contributed by atoms with E-state index in [-0.39, 0.29) is 0 Å². The quantitative estimate of drug-likeness (QED) is 0.432. The van der Waals surface area contributed by atoms with Crippen LogP contribution in [0.25, 0.3) is 0 Å². The van der Waals surface area contributed by atoms with E-state index in [2.05, 4.69) is 85.7 Å². The Kier molecular flexibility index (Phi) is 6.98. The Labute approximate surface area is 143 Å². The first-order valence-corrected chi connectivity index (χ1v) is 8.75. The summed E-state index contributed by atoms with van der Waals surface area (Å²) in [5.41, 5.74) is 3.69. The fraction of sp³-hybridized carbons (Fsp3) is 0.200. The molecule has 0 atom stereocenters. The molecule has 2 aromatic rings. The Morgan fingerprint density at radius 3 is 2.57 bits per heavy atom. The van der Waals surface area contributed by atoms with Gasteiger partial charge in [0.15, 0.2) is 0 Å². The molecule has 0 saturated heterocycles. The molecule has 2 nitrogen and oxygen atoms in total. The first kappa shape index (κ1) is 17.4. The molecule has 0 radical (unpaired) electrons. The second kappa shape index (κ2) is 9.23. The van der Waals surface area contributed by atoms with Crippen molar-refractivity contribution in [3.05, 3.63) is 83.4 Å². The van der Waals surface area contributed by atoms with Gasteiger partial charge in [0.2, 0.25) is 0 Å². The molecule has 0 aliphatic carbocycles. The molecule has 0 bridgehead atoms. The minimum Gasteiger partial charge on any atom is -0.384 e. The Morgan fingerprint density at radius 1 is 1.13 bits per heavy atom. The lowest BCUT2D eigenvalue weighted by atomic mass is 10.2. The number of thioether (sulfide) groups is 1. The van der Waals surface area contributed by atoms with Crippen molar-refractivity contribution in [1.29, 1.82) is 0 Å². The molecule has 0 aliphatic rings. The number of nitrogens with two attached hydrogens (primary N) is 1. The molecular weight excluding hydrogens is 300 g/mol. The molecule has 2 rings (SSSR count). The third-order valence-electron chi connectivity index (χ3n) is 3.38. The molecule has 3 heteroatoms. The lowest BCUT2D eigenvalue weighted by Gasteiger charge is -2.09. The van der Waals surface area contributed by atoms with Gasteiger partial charge in [0, 0.05) is 23.2 Å². The predicted molar refractivity (Wildman–Crippen MR) is 101 cm³/mol. The summed E-state index contributed by atoms with van der Waals surface area (Å²) >= 11 is 1.72. The van der Waals surface area contributed by atoms with Crippen molar-refractivity contribution in [3.63, 3.8) is 0 Å². The molecule has 0 aliphatic heterocycles. The molecule has 0 spiro atoms. The van der Waals surface area contributed by atoms with E-state index in [9.17, 15) is 0 Å². The molecular formula is C20H25N2S+. The number of para-hydroxylation sites is 1. The zero-order chi connectivity index (χ0) is 16.5. The molecule has 2 aromatic carbocycles. The number of nitrogens with one attached hydrogen (secondary N) is 1. The van der Waals surface area contributed by atoms with Gasteiger partial charge >= 0.3 is 0 Å². The molecule has 23 heavy (non-hydrogen) atoms. The second-order valence-corrected chi connectivity index (χ2v) is 6.55. The van der Waals surface area contributed by atoms with Crippen LogP contribution in [0.1, 0.15) is 19.4 Å². The zero-order valence-corrected chi connectivity index (χ0v) is 14.7. The van der Waals surface area contributed by atoms with Crippen molar-refractivity contribution < 1.29 is 5.32 Å². The number of hydrogen-bond acceptors (Lipinski definition) is 2. The summed E-state index contributed by atoms with van der Waals surface area (Å²) in [4.78, 5) is 2.30. The highest BCUT2D eigenvalue weighted by atomic mass is 32.2. The van der Waals surface area contributed by atoms with Crippen molar-refractivity contribution in [1.82, 2.24) is 5.32 Å². The van der Waals surface area contributed by atoms with Crippen LogP contribution in [-0.2, 0) is 6.54 Å². The van der Waals surface area contributed by atoms with Crippen LogP contribution in [-0.4, -0.2) is 6.54 Å². The van der Waals surface area contributed by atoms with Crippen LogP contribution >= 0.6 is 11.8 Å². The van der Waals surface area contributed by atoms with E-state index in [0.717, 1.165) is 23.7 Å². The fourth-order valence-electron chi connectivity index (χ4n) is 2.26. The molecule has 0 heterocycles. The van der Waals surface area contributed by atoms with Gasteiger partial charge in [-0.1, -0.05) is 60.8 Å². The largest absolute Gasteiger partial charge is 0.384 e. The van der Waals surface area contributed by atoms with Crippen molar-refractivity contribution in [3.8, 4) is 0 Å². The van der Waals surface area contributed by atoms with Crippen LogP contribution in [0.2, 0.25) is 0 Å². The minimum absolute atomic E-state index is 0.835. The summed E-state index contributed by atoms with van der Waals surface area (Å²) in [5, 5.41) is 5.68. The molecule has 0 aromatic heterocycles. The van der Waals surface area contributed by atoms with Crippen molar-refractivity contribution in [2.24, 2.45) is 0 Å². The SMILES string of the molecule is C=C(C=C(C)NCc1ccccc1)Sc1ccccc1[NH2+]CC. The van der Waals surface area contributed by atoms with Gasteiger partial charge in [-0.05, 0) is 31.6 Å². The maximum absolute atomic E-state index is 4.18. The van der Waals surface area contributed by atoms with Crippen LogP contribution in [0.5, 0.6) is 0 Å². The van der Waals surface area contributed by atoms with Gasteiger partial charge in [-0.25, -0.2) is 0 Å². The maximum atomic E-state index is 4.18. The minimum atomic E-state index is 0.835. The summed E-state index contributed by atoms with van der Waals surface area (Å²) in [5.74, 6) is 0. The number of allylic oxidation sites excluding steroid dienone is 2. The number of rotatable bonds is 8. The number of hydrogen-bond donors (Lipinski definition) is 2. The highest BCUT2D eigenvalue weighted by Gasteiger charge is 2.06. The first-order chi connectivity index (χ1) is 11.2. The van der Waals surface area contributed by atoms with Gasteiger partial charge < -0.3 is 10.6 Å². The van der Waals surface area contributed by atoms with Crippen molar-refractivity contribution in [2.75, 3.05) is 6.54 Å². The van der Waals surface area contributed by atoms with Gasteiger partial charge in [-0.3, -0.25) is 0 Å². The van der Waals surface area contributed by atoms with Gasteiger partial charge in [-0.15, -0.1) is 0 Å². The Bertz CT molecular complexity index is 662. The van der Waals surface area contributed by atoms with Crippen LogP contribution in [0.3, 0.4) is 0 Å². The standard InChI is InChI=1S/C20H24N2S/c1-4-21-19-12-8-9-13-20(19)23-17(3)14-16(2)22-15-18-10-6-5-7-11-18/h5-14,21-22H,3-4,15H2,1-2H3/p+1. The van der Waals surface area contributed by atoms with Gasteiger partial charge in [-0.2, -0.15) is 0 Å². The highest BCUT2D eigenvalue weighted by Crippen LogP contribution is 2.30. The van der Waals surface area contributed by atoms with Crippen LogP contribution in [0.4, 0.5) is 5.69 Å². The van der Waals surface area contributed by atoms with E-state index in [1.807, 2.05) is 6.07 Å². The Balaban J connectivity index is 1.92. The van der Waals surface area contributed by atoms with Crippen LogP contribution < -0.4 is 10.6 Å². The summed E-state index contributed by atoms with van der Waals surface area (Å²) < 4.78 is 0. The summed E-state index contributed by atoms with van der Waals surface area (Å²) in [6.45, 7) is 10.3.